The van der Waals surface area contributed by atoms with E-state index in [0.717, 1.165) is 5.56 Å². The highest BCUT2D eigenvalue weighted by Gasteiger charge is 2.11. The van der Waals surface area contributed by atoms with Gasteiger partial charge in [0.1, 0.15) is 0 Å². The van der Waals surface area contributed by atoms with Crippen LogP contribution in [-0.4, -0.2) is 5.78 Å². The van der Waals surface area contributed by atoms with Crippen molar-refractivity contribution in [2.24, 2.45) is 0 Å². The fourth-order valence-electron chi connectivity index (χ4n) is 1.86. The molecule has 19 heavy (non-hydrogen) atoms. The largest absolute Gasteiger partial charge is 0.294 e. The zero-order valence-corrected chi connectivity index (χ0v) is 12.1. The Kier molecular flexibility index (Phi) is 4.62. The van der Waals surface area contributed by atoms with E-state index in [2.05, 4.69) is 0 Å². The first-order chi connectivity index (χ1) is 9.06. The highest BCUT2D eigenvalue weighted by molar-refractivity contribution is 6.35. The molecule has 0 aromatic heterocycles. The van der Waals surface area contributed by atoms with Gasteiger partial charge in [-0.3, -0.25) is 4.79 Å². The smallest absolute Gasteiger partial charge is 0.164 e. The van der Waals surface area contributed by atoms with Crippen molar-refractivity contribution in [3.05, 3.63) is 69.2 Å². The molecule has 0 heterocycles. The molecule has 2 aromatic carbocycles. The number of aryl methyl sites for hydroxylation is 2. The first-order valence-corrected chi connectivity index (χ1v) is 6.85. The number of hydrogen-bond acceptors (Lipinski definition) is 1. The number of Topliss-reactive ketones (excluding diaryl/α,β-unsaturated/α-hetero) is 1. The number of hydrogen-bond donors (Lipinski definition) is 0. The molecule has 0 unspecified atom stereocenters. The van der Waals surface area contributed by atoms with E-state index >= 15 is 0 Å². The van der Waals surface area contributed by atoms with Gasteiger partial charge in [-0.15, -0.1) is 0 Å². The molecule has 0 radical (unpaired) electrons. The predicted molar refractivity (Wildman–Crippen MR) is 80.3 cm³/mol. The van der Waals surface area contributed by atoms with Crippen molar-refractivity contribution in [3.63, 3.8) is 0 Å². The normalized spacial score (nSPS) is 10.5. The number of carbonyl (C=O) groups is 1. The van der Waals surface area contributed by atoms with E-state index in [4.69, 9.17) is 23.2 Å². The van der Waals surface area contributed by atoms with Crippen molar-refractivity contribution < 1.29 is 4.79 Å². The number of carbonyl (C=O) groups excluding carboxylic acids is 1. The lowest BCUT2D eigenvalue weighted by Crippen LogP contribution is -2.02. The van der Waals surface area contributed by atoms with Gasteiger partial charge in [0.2, 0.25) is 0 Å². The summed E-state index contributed by atoms with van der Waals surface area (Å²) in [7, 11) is 0. The summed E-state index contributed by atoms with van der Waals surface area (Å²) in [5.74, 6) is 0.0214. The lowest BCUT2D eigenvalue weighted by molar-refractivity contribution is 0.0983. The van der Waals surface area contributed by atoms with Crippen molar-refractivity contribution in [1.29, 1.82) is 0 Å². The van der Waals surface area contributed by atoms with Crippen LogP contribution in [0.5, 0.6) is 0 Å². The van der Waals surface area contributed by atoms with Crippen LogP contribution in [0, 0.1) is 6.92 Å². The molecule has 0 bridgehead atoms. The minimum Gasteiger partial charge on any atom is -0.294 e. The van der Waals surface area contributed by atoms with E-state index in [1.54, 1.807) is 18.2 Å². The number of halogens is 2. The van der Waals surface area contributed by atoms with Crippen molar-refractivity contribution in [1.82, 2.24) is 0 Å². The second-order valence-electron chi connectivity index (χ2n) is 4.53. The fraction of sp³-hybridized carbons (Fsp3) is 0.188. The van der Waals surface area contributed by atoms with Crippen LogP contribution in [0.25, 0.3) is 0 Å². The Morgan fingerprint density at radius 3 is 2.42 bits per heavy atom. The summed E-state index contributed by atoms with van der Waals surface area (Å²) in [6, 6.07) is 13.1. The SMILES string of the molecule is Cc1ccc(CCC(=O)c2cc(Cl)ccc2Cl)cc1. The van der Waals surface area contributed by atoms with E-state index in [9.17, 15) is 4.79 Å². The molecule has 0 saturated heterocycles. The topological polar surface area (TPSA) is 17.1 Å². The van der Waals surface area contributed by atoms with Gasteiger partial charge in [-0.1, -0.05) is 53.0 Å². The van der Waals surface area contributed by atoms with Gasteiger partial charge in [0.15, 0.2) is 5.78 Å². The summed E-state index contributed by atoms with van der Waals surface area (Å²) in [6.45, 7) is 2.04. The molecule has 0 saturated carbocycles. The van der Waals surface area contributed by atoms with Crippen LogP contribution >= 0.6 is 23.2 Å². The molecule has 0 aliphatic heterocycles. The van der Waals surface area contributed by atoms with E-state index in [1.165, 1.54) is 5.56 Å². The Morgan fingerprint density at radius 1 is 1.05 bits per heavy atom. The van der Waals surface area contributed by atoms with Gasteiger partial charge in [0.05, 0.1) is 5.02 Å². The molecule has 0 fully saturated rings. The van der Waals surface area contributed by atoms with Crippen LogP contribution in [0.15, 0.2) is 42.5 Å². The summed E-state index contributed by atoms with van der Waals surface area (Å²) >= 11 is 11.9. The maximum atomic E-state index is 12.1. The molecule has 0 atom stereocenters. The lowest BCUT2D eigenvalue weighted by Gasteiger charge is -2.05. The summed E-state index contributed by atoms with van der Waals surface area (Å²) in [4.78, 5) is 12.1. The minimum atomic E-state index is 0.0214. The molecule has 0 aliphatic rings. The molecule has 0 amide bonds. The molecule has 1 nitrogen and oxygen atoms in total. The van der Waals surface area contributed by atoms with Gasteiger partial charge < -0.3 is 0 Å². The van der Waals surface area contributed by atoms with Crippen molar-refractivity contribution >= 4 is 29.0 Å². The molecule has 2 aromatic rings. The first kappa shape index (κ1) is 14.1. The molecule has 0 aliphatic carbocycles. The fourth-order valence-corrected chi connectivity index (χ4v) is 2.25. The van der Waals surface area contributed by atoms with E-state index in [-0.39, 0.29) is 5.78 Å². The molecule has 98 valence electrons. The van der Waals surface area contributed by atoms with Gasteiger partial charge >= 0.3 is 0 Å². The minimum absolute atomic E-state index is 0.0214. The van der Waals surface area contributed by atoms with Crippen LogP contribution in [0.4, 0.5) is 0 Å². The molecular weight excluding hydrogens is 279 g/mol. The quantitative estimate of drug-likeness (QED) is 0.715. The van der Waals surface area contributed by atoms with Crippen molar-refractivity contribution in [2.45, 2.75) is 19.8 Å². The first-order valence-electron chi connectivity index (χ1n) is 6.10. The van der Waals surface area contributed by atoms with Gasteiger partial charge in [-0.2, -0.15) is 0 Å². The Morgan fingerprint density at radius 2 is 1.74 bits per heavy atom. The van der Waals surface area contributed by atoms with Crippen molar-refractivity contribution in [3.8, 4) is 0 Å². The summed E-state index contributed by atoms with van der Waals surface area (Å²) in [6.07, 6.45) is 1.14. The Hall–Kier alpha value is -1.31. The van der Waals surface area contributed by atoms with Crippen LogP contribution in [0.2, 0.25) is 10.0 Å². The Balaban J connectivity index is 2.05. The van der Waals surface area contributed by atoms with Crippen LogP contribution in [0.1, 0.15) is 27.9 Å². The molecule has 3 heteroatoms. The van der Waals surface area contributed by atoms with Gasteiger partial charge in [-0.25, -0.2) is 0 Å². The van der Waals surface area contributed by atoms with Crippen LogP contribution in [0.3, 0.4) is 0 Å². The van der Waals surface area contributed by atoms with Crippen LogP contribution < -0.4 is 0 Å². The average Bonchev–Trinajstić information content (AvgIpc) is 2.40. The van der Waals surface area contributed by atoms with E-state index in [0.29, 0.717) is 28.5 Å². The predicted octanol–water partition coefficient (Wildman–Crippen LogP) is 5.12. The maximum absolute atomic E-state index is 12.1. The average molecular weight is 293 g/mol. The monoisotopic (exact) mass is 292 g/mol. The van der Waals surface area contributed by atoms with Crippen molar-refractivity contribution in [2.75, 3.05) is 0 Å². The zero-order chi connectivity index (χ0) is 13.8. The second kappa shape index (κ2) is 6.23. The summed E-state index contributed by atoms with van der Waals surface area (Å²) in [5.41, 5.74) is 2.87. The second-order valence-corrected chi connectivity index (χ2v) is 5.38. The molecular formula is C16H14Cl2O. The highest BCUT2D eigenvalue weighted by atomic mass is 35.5. The van der Waals surface area contributed by atoms with Gasteiger partial charge in [-0.05, 0) is 37.1 Å². The Bertz CT molecular complexity index is 588. The third kappa shape index (κ3) is 3.82. The van der Waals surface area contributed by atoms with Gasteiger partial charge in [0.25, 0.3) is 0 Å². The third-order valence-electron chi connectivity index (χ3n) is 2.99. The van der Waals surface area contributed by atoms with E-state index < -0.39 is 0 Å². The summed E-state index contributed by atoms with van der Waals surface area (Å²) in [5, 5.41) is 0.987. The summed E-state index contributed by atoms with van der Waals surface area (Å²) < 4.78 is 0. The zero-order valence-electron chi connectivity index (χ0n) is 10.6. The number of rotatable bonds is 4. The third-order valence-corrected chi connectivity index (χ3v) is 3.55. The van der Waals surface area contributed by atoms with Gasteiger partial charge in [0, 0.05) is 17.0 Å². The Labute approximate surface area is 123 Å². The number of ketones is 1. The maximum Gasteiger partial charge on any atom is 0.164 e. The molecule has 0 spiro atoms. The standard InChI is InChI=1S/C16H14Cl2O/c1-11-2-4-12(5-3-11)6-9-16(19)14-10-13(17)7-8-15(14)18/h2-5,7-8,10H,6,9H2,1H3. The lowest BCUT2D eigenvalue weighted by atomic mass is 10.0. The molecule has 2 rings (SSSR count). The highest BCUT2D eigenvalue weighted by Crippen LogP contribution is 2.22. The van der Waals surface area contributed by atoms with E-state index in [1.807, 2.05) is 31.2 Å². The number of benzene rings is 2. The van der Waals surface area contributed by atoms with Crippen LogP contribution in [-0.2, 0) is 6.42 Å². The molecule has 0 N–H and O–H groups in total.